The minimum atomic E-state index is -0.151. The van der Waals surface area contributed by atoms with Gasteiger partial charge in [0.2, 0.25) is 0 Å². The number of nitrogens with zero attached hydrogens (tertiary/aromatic N) is 3. The zero-order valence-electron chi connectivity index (χ0n) is 12.0. The first-order valence-electron chi connectivity index (χ1n) is 7.15. The highest BCUT2D eigenvalue weighted by Crippen LogP contribution is 2.35. The van der Waals surface area contributed by atoms with E-state index in [1.54, 1.807) is 41.0 Å². The van der Waals surface area contributed by atoms with E-state index in [0.29, 0.717) is 16.6 Å². The zero-order chi connectivity index (χ0) is 14.7. The van der Waals surface area contributed by atoms with Crippen LogP contribution in [0.25, 0.3) is 0 Å². The molecule has 0 unspecified atom stereocenters. The van der Waals surface area contributed by atoms with Gasteiger partial charge in [0.15, 0.2) is 5.82 Å². The van der Waals surface area contributed by atoms with Gasteiger partial charge in [0.05, 0.1) is 5.56 Å². The SMILES string of the molecule is Cn1ccc(NC(=O)c2cccnc2SC2CCCC2)n1. The van der Waals surface area contributed by atoms with Crippen molar-refractivity contribution in [2.75, 3.05) is 5.32 Å². The summed E-state index contributed by atoms with van der Waals surface area (Å²) in [5, 5.41) is 8.39. The van der Waals surface area contributed by atoms with Crippen LogP contribution in [0.1, 0.15) is 36.0 Å². The maximum absolute atomic E-state index is 12.4. The molecule has 0 spiro atoms. The van der Waals surface area contributed by atoms with Crippen molar-refractivity contribution in [2.24, 2.45) is 7.05 Å². The molecule has 0 saturated heterocycles. The van der Waals surface area contributed by atoms with Gasteiger partial charge in [0, 0.05) is 30.8 Å². The third-order valence-corrected chi connectivity index (χ3v) is 4.90. The fraction of sp³-hybridized carbons (Fsp3) is 0.400. The summed E-state index contributed by atoms with van der Waals surface area (Å²) in [5.41, 5.74) is 0.625. The highest BCUT2D eigenvalue weighted by molar-refractivity contribution is 7.99. The second-order valence-corrected chi connectivity index (χ2v) is 6.50. The summed E-state index contributed by atoms with van der Waals surface area (Å²) in [7, 11) is 1.82. The fourth-order valence-corrected chi connectivity index (χ4v) is 3.78. The number of nitrogens with one attached hydrogen (secondary N) is 1. The second-order valence-electron chi connectivity index (χ2n) is 5.21. The summed E-state index contributed by atoms with van der Waals surface area (Å²) in [6, 6.07) is 5.40. The van der Waals surface area contributed by atoms with Crippen molar-refractivity contribution in [1.82, 2.24) is 14.8 Å². The van der Waals surface area contributed by atoms with E-state index in [1.807, 2.05) is 13.1 Å². The van der Waals surface area contributed by atoms with Gasteiger partial charge >= 0.3 is 0 Å². The minimum Gasteiger partial charge on any atom is -0.305 e. The Hall–Kier alpha value is -1.82. The molecule has 110 valence electrons. The van der Waals surface area contributed by atoms with Crippen molar-refractivity contribution in [1.29, 1.82) is 0 Å². The van der Waals surface area contributed by atoms with Crippen LogP contribution in [-0.2, 0) is 7.05 Å². The van der Waals surface area contributed by atoms with Crippen molar-refractivity contribution >= 4 is 23.5 Å². The van der Waals surface area contributed by atoms with Crippen LogP contribution in [-0.4, -0.2) is 25.9 Å². The van der Waals surface area contributed by atoms with Crippen LogP contribution >= 0.6 is 11.8 Å². The van der Waals surface area contributed by atoms with Gasteiger partial charge in [-0.15, -0.1) is 11.8 Å². The van der Waals surface area contributed by atoms with Crippen LogP contribution in [0, 0.1) is 0 Å². The first kappa shape index (κ1) is 14.1. The Bertz CT molecular complexity index is 634. The first-order valence-corrected chi connectivity index (χ1v) is 8.03. The number of thioether (sulfide) groups is 1. The lowest BCUT2D eigenvalue weighted by atomic mass is 10.2. The van der Waals surface area contributed by atoms with Gasteiger partial charge in [-0.2, -0.15) is 5.10 Å². The molecule has 2 aromatic heterocycles. The molecule has 1 aliphatic rings. The van der Waals surface area contributed by atoms with E-state index >= 15 is 0 Å². The zero-order valence-corrected chi connectivity index (χ0v) is 12.8. The predicted octanol–water partition coefficient (Wildman–Crippen LogP) is 3.10. The molecule has 1 aliphatic carbocycles. The van der Waals surface area contributed by atoms with Gasteiger partial charge in [0.1, 0.15) is 5.03 Å². The fourth-order valence-electron chi connectivity index (χ4n) is 2.49. The lowest BCUT2D eigenvalue weighted by molar-refractivity contribution is 0.102. The molecule has 6 heteroatoms. The maximum Gasteiger partial charge on any atom is 0.259 e. The Kier molecular flexibility index (Phi) is 4.24. The minimum absolute atomic E-state index is 0.151. The number of carbonyl (C=O) groups excluding carboxylic acids is 1. The van der Waals surface area contributed by atoms with E-state index in [-0.39, 0.29) is 5.91 Å². The number of aryl methyl sites for hydroxylation is 1. The lowest BCUT2D eigenvalue weighted by Crippen LogP contribution is -2.14. The lowest BCUT2D eigenvalue weighted by Gasteiger charge is -2.11. The molecule has 1 fully saturated rings. The topological polar surface area (TPSA) is 59.8 Å². The van der Waals surface area contributed by atoms with Crippen molar-refractivity contribution in [3.8, 4) is 0 Å². The molecule has 1 N–H and O–H groups in total. The van der Waals surface area contributed by atoms with E-state index < -0.39 is 0 Å². The third kappa shape index (κ3) is 3.44. The molecule has 0 bridgehead atoms. The summed E-state index contributed by atoms with van der Waals surface area (Å²) in [6.45, 7) is 0. The average molecular weight is 302 g/mol. The average Bonchev–Trinajstić information content (AvgIpc) is 3.11. The van der Waals surface area contributed by atoms with Crippen LogP contribution < -0.4 is 5.32 Å². The van der Waals surface area contributed by atoms with Gasteiger partial charge in [-0.3, -0.25) is 9.48 Å². The molecule has 0 atom stereocenters. The van der Waals surface area contributed by atoms with Crippen molar-refractivity contribution in [3.05, 3.63) is 36.2 Å². The van der Waals surface area contributed by atoms with E-state index in [2.05, 4.69) is 15.4 Å². The molecular weight excluding hydrogens is 284 g/mol. The van der Waals surface area contributed by atoms with Crippen molar-refractivity contribution in [3.63, 3.8) is 0 Å². The van der Waals surface area contributed by atoms with E-state index in [1.165, 1.54) is 25.7 Å². The Labute approximate surface area is 128 Å². The Morgan fingerprint density at radius 2 is 2.19 bits per heavy atom. The molecule has 2 aromatic rings. The molecule has 2 heterocycles. The van der Waals surface area contributed by atoms with Crippen LogP contribution in [0.15, 0.2) is 35.6 Å². The Balaban J connectivity index is 1.75. The number of aromatic nitrogens is 3. The summed E-state index contributed by atoms with van der Waals surface area (Å²) >= 11 is 1.72. The van der Waals surface area contributed by atoms with E-state index in [4.69, 9.17) is 0 Å². The molecule has 5 nitrogen and oxygen atoms in total. The molecule has 1 amide bonds. The third-order valence-electron chi connectivity index (χ3n) is 3.55. The summed E-state index contributed by atoms with van der Waals surface area (Å²) < 4.78 is 1.66. The molecule has 21 heavy (non-hydrogen) atoms. The highest BCUT2D eigenvalue weighted by atomic mass is 32.2. The van der Waals surface area contributed by atoms with E-state index in [0.717, 1.165) is 5.03 Å². The number of pyridine rings is 1. The number of hydrogen-bond acceptors (Lipinski definition) is 4. The predicted molar refractivity (Wildman–Crippen MR) is 83.5 cm³/mol. The van der Waals surface area contributed by atoms with Crippen LogP contribution in [0.3, 0.4) is 0 Å². The van der Waals surface area contributed by atoms with Crippen LogP contribution in [0.2, 0.25) is 0 Å². The number of amides is 1. The largest absolute Gasteiger partial charge is 0.305 e. The normalized spacial score (nSPS) is 15.3. The molecular formula is C15H18N4OS. The van der Waals surface area contributed by atoms with Crippen LogP contribution in [0.4, 0.5) is 5.82 Å². The number of rotatable bonds is 4. The number of anilines is 1. The first-order chi connectivity index (χ1) is 10.2. The van der Waals surface area contributed by atoms with Gasteiger partial charge in [-0.1, -0.05) is 12.8 Å². The Morgan fingerprint density at radius 3 is 2.90 bits per heavy atom. The molecule has 0 aliphatic heterocycles. The van der Waals surface area contributed by atoms with Crippen LogP contribution in [0.5, 0.6) is 0 Å². The second kappa shape index (κ2) is 6.30. The van der Waals surface area contributed by atoms with Gasteiger partial charge < -0.3 is 5.32 Å². The summed E-state index contributed by atoms with van der Waals surface area (Å²) in [4.78, 5) is 16.8. The van der Waals surface area contributed by atoms with Gasteiger partial charge in [-0.25, -0.2) is 4.98 Å². The van der Waals surface area contributed by atoms with Crippen molar-refractivity contribution in [2.45, 2.75) is 36.0 Å². The number of carbonyl (C=O) groups is 1. The maximum atomic E-state index is 12.4. The Morgan fingerprint density at radius 1 is 1.38 bits per heavy atom. The smallest absolute Gasteiger partial charge is 0.259 e. The highest BCUT2D eigenvalue weighted by Gasteiger charge is 2.20. The van der Waals surface area contributed by atoms with E-state index in [9.17, 15) is 4.79 Å². The standard InChI is InChI=1S/C15H18N4OS/c1-19-10-8-13(18-19)17-14(20)12-7-4-9-16-15(12)21-11-5-2-3-6-11/h4,7-11H,2-3,5-6H2,1H3,(H,17,18,20). The number of hydrogen-bond donors (Lipinski definition) is 1. The molecule has 3 rings (SSSR count). The van der Waals surface area contributed by atoms with Crippen molar-refractivity contribution < 1.29 is 4.79 Å². The summed E-state index contributed by atoms with van der Waals surface area (Å²) in [5.74, 6) is 0.408. The monoisotopic (exact) mass is 302 g/mol. The molecule has 0 aromatic carbocycles. The van der Waals surface area contributed by atoms with Gasteiger partial charge in [-0.05, 0) is 25.0 Å². The summed E-state index contributed by atoms with van der Waals surface area (Å²) in [6.07, 6.45) is 8.52. The molecule has 0 radical (unpaired) electrons. The quantitative estimate of drug-likeness (QED) is 0.942. The van der Waals surface area contributed by atoms with Gasteiger partial charge in [0.25, 0.3) is 5.91 Å². The molecule has 1 saturated carbocycles.